The molecule has 0 aliphatic rings. The molecular weight excluding hydrogens is 116 g/mol. The van der Waals surface area contributed by atoms with Gasteiger partial charge in [-0.05, 0) is 13.0 Å². The normalized spacial score (nSPS) is 9.56. The fourth-order valence-electron chi connectivity index (χ4n) is 0.362. The minimum Gasteiger partial charge on any atom is -0.268 e. The Morgan fingerprint density at radius 3 is 2.67 bits per heavy atom. The molecule has 0 unspecified atom stereocenters. The molecule has 0 N–H and O–H groups in total. The van der Waals surface area contributed by atoms with Gasteiger partial charge in [0.15, 0.2) is 0 Å². The van der Waals surface area contributed by atoms with E-state index in [1.807, 2.05) is 0 Å². The molecule has 0 aliphatic carbocycles. The first kappa shape index (κ1) is 7.88. The fraction of sp³-hybridized carbons (Fsp3) is 0.333. The summed E-state index contributed by atoms with van der Waals surface area (Å²) in [6.07, 6.45) is 2.76. The summed E-state index contributed by atoms with van der Waals surface area (Å²) in [7, 11) is 1.57. The van der Waals surface area contributed by atoms with Crippen molar-refractivity contribution in [1.82, 2.24) is 5.01 Å². The van der Waals surface area contributed by atoms with Crippen LogP contribution >= 0.6 is 0 Å². The summed E-state index contributed by atoms with van der Waals surface area (Å²) in [5.41, 5.74) is 0. The minimum atomic E-state index is -0.201. The zero-order chi connectivity index (χ0) is 7.28. The fourth-order valence-corrected chi connectivity index (χ4v) is 0.362. The topological polar surface area (TPSA) is 32.7 Å². The van der Waals surface area contributed by atoms with Gasteiger partial charge in [0, 0.05) is 13.3 Å². The first-order valence-electron chi connectivity index (χ1n) is 2.61. The Labute approximate surface area is 54.7 Å². The van der Waals surface area contributed by atoms with Crippen LogP contribution in [0, 0.1) is 0 Å². The predicted octanol–water partition coefficient (Wildman–Crippen LogP) is 0.636. The third kappa shape index (κ3) is 2.64. The second kappa shape index (κ2) is 3.83. The monoisotopic (exact) mass is 126 g/mol. The number of nitrogens with zero attached hydrogens (tertiary/aromatic N) is 2. The Bertz CT molecular complexity index is 140. The van der Waals surface area contributed by atoms with E-state index in [0.717, 1.165) is 0 Å². The zero-order valence-corrected chi connectivity index (χ0v) is 5.66. The summed E-state index contributed by atoms with van der Waals surface area (Å²) in [6.45, 7) is 5.04. The number of likely N-dealkylation sites (N-methyl/N-ethyl adjacent to an activating group) is 1. The Hall–Kier alpha value is -1.12. The molecule has 0 saturated heterocycles. The molecule has 9 heavy (non-hydrogen) atoms. The summed E-state index contributed by atoms with van der Waals surface area (Å²) >= 11 is 0. The van der Waals surface area contributed by atoms with Crippen LogP contribution in [0.1, 0.15) is 6.92 Å². The van der Waals surface area contributed by atoms with Crippen LogP contribution in [-0.2, 0) is 4.79 Å². The molecule has 0 rings (SSSR count). The summed E-state index contributed by atoms with van der Waals surface area (Å²) in [4.78, 5) is 10.6. The molecule has 0 saturated carbocycles. The molecule has 0 spiro atoms. The Morgan fingerprint density at radius 1 is 1.78 bits per heavy atom. The van der Waals surface area contributed by atoms with Crippen LogP contribution in [0.3, 0.4) is 0 Å². The van der Waals surface area contributed by atoms with Crippen LogP contribution < -0.4 is 0 Å². The number of carbonyl (C=O) groups excluding carboxylic acids is 1. The van der Waals surface area contributed by atoms with E-state index < -0.39 is 0 Å². The van der Waals surface area contributed by atoms with Crippen molar-refractivity contribution in [3.8, 4) is 0 Å². The molecule has 3 heteroatoms. The highest BCUT2D eigenvalue weighted by Gasteiger charge is 1.97. The molecule has 50 valence electrons. The van der Waals surface area contributed by atoms with E-state index in [1.54, 1.807) is 20.2 Å². The van der Waals surface area contributed by atoms with E-state index in [4.69, 9.17) is 0 Å². The van der Waals surface area contributed by atoms with Crippen molar-refractivity contribution in [3.05, 3.63) is 12.7 Å². The van der Waals surface area contributed by atoms with Crippen LogP contribution in [0.15, 0.2) is 17.8 Å². The van der Waals surface area contributed by atoms with Gasteiger partial charge in [0.2, 0.25) is 0 Å². The quantitative estimate of drug-likeness (QED) is 0.303. The van der Waals surface area contributed by atoms with Gasteiger partial charge < -0.3 is 0 Å². The second-order valence-corrected chi connectivity index (χ2v) is 1.44. The highest BCUT2D eigenvalue weighted by molar-refractivity contribution is 5.86. The number of hydrogen-bond acceptors (Lipinski definition) is 2. The van der Waals surface area contributed by atoms with Gasteiger partial charge in [0.1, 0.15) is 0 Å². The lowest BCUT2D eigenvalue weighted by Crippen LogP contribution is -2.17. The first-order valence-corrected chi connectivity index (χ1v) is 2.61. The van der Waals surface area contributed by atoms with E-state index in [0.29, 0.717) is 0 Å². The molecule has 3 nitrogen and oxygen atoms in total. The Kier molecular flexibility index (Phi) is 3.35. The Morgan fingerprint density at radius 2 is 2.33 bits per heavy atom. The van der Waals surface area contributed by atoms with Crippen LogP contribution in [0.5, 0.6) is 0 Å². The smallest absolute Gasteiger partial charge is 0.265 e. The molecular formula is C6H10N2O. The van der Waals surface area contributed by atoms with E-state index in [9.17, 15) is 4.79 Å². The summed E-state index contributed by atoms with van der Waals surface area (Å²) in [5.74, 6) is -0.201. The molecule has 0 atom stereocenters. The van der Waals surface area contributed by atoms with Gasteiger partial charge in [-0.3, -0.25) is 4.79 Å². The highest BCUT2D eigenvalue weighted by atomic mass is 16.2. The maximum atomic E-state index is 10.6. The Balaban J connectivity index is 3.87. The van der Waals surface area contributed by atoms with Crippen molar-refractivity contribution < 1.29 is 4.79 Å². The largest absolute Gasteiger partial charge is 0.268 e. The van der Waals surface area contributed by atoms with E-state index in [-0.39, 0.29) is 5.91 Å². The van der Waals surface area contributed by atoms with Gasteiger partial charge in [0.25, 0.3) is 5.91 Å². The second-order valence-electron chi connectivity index (χ2n) is 1.44. The van der Waals surface area contributed by atoms with Crippen LogP contribution in [0.2, 0.25) is 0 Å². The average Bonchev–Trinajstić information content (AvgIpc) is 1.87. The molecule has 0 radical (unpaired) electrons. The lowest BCUT2D eigenvalue weighted by atomic mass is 10.6. The van der Waals surface area contributed by atoms with E-state index >= 15 is 0 Å². The van der Waals surface area contributed by atoms with E-state index in [1.165, 1.54) is 11.1 Å². The minimum absolute atomic E-state index is 0.201. The van der Waals surface area contributed by atoms with Crippen LogP contribution in [0.4, 0.5) is 0 Å². The van der Waals surface area contributed by atoms with Gasteiger partial charge in [-0.15, -0.1) is 0 Å². The van der Waals surface area contributed by atoms with Gasteiger partial charge in [0.05, 0.1) is 0 Å². The third-order valence-electron chi connectivity index (χ3n) is 0.782. The molecule has 0 aromatic carbocycles. The standard InChI is InChI=1S/C6H10N2O/c1-4-6(9)8(3)7-5-2/h4-5H,1H2,2-3H3/b7-5+. The van der Waals surface area contributed by atoms with Crippen molar-refractivity contribution in [2.24, 2.45) is 5.10 Å². The number of carbonyl (C=O) groups is 1. The third-order valence-corrected chi connectivity index (χ3v) is 0.782. The predicted molar refractivity (Wildman–Crippen MR) is 37.1 cm³/mol. The van der Waals surface area contributed by atoms with Gasteiger partial charge in [-0.25, -0.2) is 5.01 Å². The van der Waals surface area contributed by atoms with Crippen molar-refractivity contribution >= 4 is 12.1 Å². The summed E-state index contributed by atoms with van der Waals surface area (Å²) < 4.78 is 0. The number of hydrazone groups is 1. The maximum Gasteiger partial charge on any atom is 0.265 e. The number of hydrogen-bond donors (Lipinski definition) is 0. The lowest BCUT2D eigenvalue weighted by molar-refractivity contribution is -0.124. The highest BCUT2D eigenvalue weighted by Crippen LogP contribution is 1.83. The molecule has 0 bridgehead atoms. The lowest BCUT2D eigenvalue weighted by Gasteiger charge is -2.04. The average molecular weight is 126 g/mol. The van der Waals surface area contributed by atoms with Gasteiger partial charge in [-0.2, -0.15) is 5.10 Å². The van der Waals surface area contributed by atoms with Crippen molar-refractivity contribution in [2.75, 3.05) is 7.05 Å². The van der Waals surface area contributed by atoms with Gasteiger partial charge in [-0.1, -0.05) is 6.58 Å². The first-order chi connectivity index (χ1) is 4.22. The number of rotatable bonds is 2. The molecule has 0 aromatic heterocycles. The summed E-state index contributed by atoms with van der Waals surface area (Å²) in [6, 6.07) is 0. The van der Waals surface area contributed by atoms with Gasteiger partial charge >= 0.3 is 0 Å². The number of amides is 1. The van der Waals surface area contributed by atoms with Crippen molar-refractivity contribution in [2.45, 2.75) is 6.92 Å². The summed E-state index contributed by atoms with van der Waals surface area (Å²) in [5, 5.41) is 4.90. The van der Waals surface area contributed by atoms with Crippen molar-refractivity contribution in [1.29, 1.82) is 0 Å². The molecule has 0 aromatic rings. The zero-order valence-electron chi connectivity index (χ0n) is 5.66. The van der Waals surface area contributed by atoms with Crippen LogP contribution in [0.25, 0.3) is 0 Å². The molecule has 0 heterocycles. The van der Waals surface area contributed by atoms with Crippen molar-refractivity contribution in [3.63, 3.8) is 0 Å². The maximum absolute atomic E-state index is 10.6. The molecule has 0 aliphatic heterocycles. The molecule has 1 amide bonds. The molecule has 0 fully saturated rings. The van der Waals surface area contributed by atoms with E-state index in [2.05, 4.69) is 11.7 Å². The van der Waals surface area contributed by atoms with Crippen LogP contribution in [-0.4, -0.2) is 24.2 Å². The SMILES string of the molecule is C=CC(=O)N(C)/N=C/C.